The van der Waals surface area contributed by atoms with Crippen LogP contribution in [0.15, 0.2) is 29.3 Å². The van der Waals surface area contributed by atoms with Gasteiger partial charge >= 0.3 is 0 Å². The summed E-state index contributed by atoms with van der Waals surface area (Å²) >= 11 is 1.35. The van der Waals surface area contributed by atoms with Crippen molar-refractivity contribution in [3.8, 4) is 0 Å². The van der Waals surface area contributed by atoms with Gasteiger partial charge in [-0.1, -0.05) is 37.3 Å². The summed E-state index contributed by atoms with van der Waals surface area (Å²) in [6.45, 7) is 5.98. The van der Waals surface area contributed by atoms with Crippen molar-refractivity contribution in [2.24, 2.45) is 5.92 Å². The van der Waals surface area contributed by atoms with Crippen LogP contribution < -0.4 is 10.9 Å². The van der Waals surface area contributed by atoms with Gasteiger partial charge in [0.2, 0.25) is 11.0 Å². The number of nitrogens with zero attached hydrogens (tertiary/aromatic N) is 4. The molecule has 3 aromatic rings. The first-order chi connectivity index (χ1) is 11.9. The van der Waals surface area contributed by atoms with E-state index in [1.54, 1.807) is 6.07 Å². The first kappa shape index (κ1) is 17.2. The molecule has 0 saturated heterocycles. The Morgan fingerprint density at radius 3 is 2.88 bits per heavy atom. The fourth-order valence-electron chi connectivity index (χ4n) is 2.50. The summed E-state index contributed by atoms with van der Waals surface area (Å²) in [5.74, 6) is 0.144. The normalized spacial score (nSPS) is 11.2. The molecule has 0 saturated carbocycles. The van der Waals surface area contributed by atoms with Gasteiger partial charge in [-0.2, -0.15) is 0 Å². The van der Waals surface area contributed by atoms with Gasteiger partial charge < -0.3 is 0 Å². The molecule has 0 fully saturated rings. The maximum Gasteiger partial charge on any atom is 0.261 e. The van der Waals surface area contributed by atoms with E-state index in [1.165, 1.54) is 22.2 Å². The predicted molar refractivity (Wildman–Crippen MR) is 97.8 cm³/mol. The van der Waals surface area contributed by atoms with Gasteiger partial charge in [0.05, 0.1) is 17.2 Å². The lowest BCUT2D eigenvalue weighted by Crippen LogP contribution is -2.28. The molecule has 0 aliphatic carbocycles. The van der Waals surface area contributed by atoms with Crippen LogP contribution in [0.3, 0.4) is 0 Å². The molecular formula is C17H19N5O2S. The Labute approximate surface area is 148 Å². The van der Waals surface area contributed by atoms with Crippen molar-refractivity contribution >= 4 is 33.3 Å². The minimum Gasteiger partial charge on any atom is -0.299 e. The van der Waals surface area contributed by atoms with Crippen molar-refractivity contribution in [3.05, 3.63) is 45.5 Å². The number of carbonyl (C=O) groups is 1. The zero-order valence-electron chi connectivity index (χ0n) is 14.3. The van der Waals surface area contributed by atoms with Gasteiger partial charge in [0, 0.05) is 6.42 Å². The van der Waals surface area contributed by atoms with Gasteiger partial charge in [0.15, 0.2) is 0 Å². The fraction of sp³-hybridized carbons (Fsp3) is 0.353. The fourth-order valence-corrected chi connectivity index (χ4v) is 3.47. The van der Waals surface area contributed by atoms with Crippen LogP contribution in [0, 0.1) is 12.8 Å². The Balaban J connectivity index is 1.75. The highest BCUT2D eigenvalue weighted by Crippen LogP contribution is 2.18. The minimum atomic E-state index is -0.330. The van der Waals surface area contributed by atoms with Crippen LogP contribution >= 0.6 is 11.3 Å². The standard InChI is InChI=1S/C17H19N5O2S/c1-10(2)7-14-20-21-17(25-14)19-13(23)8-22-9-18-15-11(3)5-4-6-12(15)16(22)24/h4-6,9-10H,7-8H2,1-3H3,(H,19,21,23). The van der Waals surface area contributed by atoms with E-state index < -0.39 is 0 Å². The molecule has 0 atom stereocenters. The predicted octanol–water partition coefficient (Wildman–Crippen LogP) is 2.39. The van der Waals surface area contributed by atoms with Crippen molar-refractivity contribution < 1.29 is 4.79 Å². The van der Waals surface area contributed by atoms with Crippen LogP contribution in [-0.4, -0.2) is 25.7 Å². The summed E-state index contributed by atoms with van der Waals surface area (Å²) in [6, 6.07) is 5.42. The molecule has 3 rings (SSSR count). The average molecular weight is 357 g/mol. The zero-order valence-corrected chi connectivity index (χ0v) is 15.1. The third kappa shape index (κ3) is 3.90. The summed E-state index contributed by atoms with van der Waals surface area (Å²) in [4.78, 5) is 29.0. The van der Waals surface area contributed by atoms with E-state index in [0.717, 1.165) is 17.0 Å². The molecule has 0 bridgehead atoms. The number of hydrogen-bond acceptors (Lipinski definition) is 6. The maximum atomic E-state index is 12.5. The number of carbonyl (C=O) groups excluding carboxylic acids is 1. The molecule has 8 heteroatoms. The van der Waals surface area contributed by atoms with E-state index in [4.69, 9.17) is 0 Å². The Bertz CT molecular complexity index is 977. The van der Waals surface area contributed by atoms with Gasteiger partial charge in [-0.15, -0.1) is 10.2 Å². The number of hydrogen-bond donors (Lipinski definition) is 1. The Morgan fingerprint density at radius 2 is 2.12 bits per heavy atom. The molecule has 0 unspecified atom stereocenters. The number of anilines is 1. The van der Waals surface area contributed by atoms with Crippen molar-refractivity contribution in [2.45, 2.75) is 33.7 Å². The molecule has 1 aromatic carbocycles. The van der Waals surface area contributed by atoms with E-state index >= 15 is 0 Å². The van der Waals surface area contributed by atoms with Crippen LogP contribution in [-0.2, 0) is 17.8 Å². The highest BCUT2D eigenvalue weighted by Gasteiger charge is 2.12. The second-order valence-corrected chi connectivity index (χ2v) is 7.36. The molecule has 0 spiro atoms. The molecule has 0 aliphatic heterocycles. The molecule has 130 valence electrons. The Hall–Kier alpha value is -2.61. The SMILES string of the molecule is Cc1cccc2c(=O)n(CC(=O)Nc3nnc(CC(C)C)s3)cnc12. The monoisotopic (exact) mass is 357 g/mol. The third-order valence-corrected chi connectivity index (χ3v) is 4.53. The van der Waals surface area contributed by atoms with Crippen molar-refractivity contribution in [2.75, 3.05) is 5.32 Å². The first-order valence-corrected chi connectivity index (χ1v) is 8.82. The highest BCUT2D eigenvalue weighted by atomic mass is 32.1. The molecule has 1 amide bonds. The molecule has 2 aromatic heterocycles. The summed E-state index contributed by atoms with van der Waals surface area (Å²) in [5, 5.41) is 12.5. The lowest BCUT2D eigenvalue weighted by atomic mass is 10.1. The largest absolute Gasteiger partial charge is 0.299 e. The molecule has 0 radical (unpaired) electrons. The maximum absolute atomic E-state index is 12.5. The Kier molecular flexibility index (Phi) is 4.89. The van der Waals surface area contributed by atoms with Crippen LogP contribution in [0.25, 0.3) is 10.9 Å². The van der Waals surface area contributed by atoms with Gasteiger partial charge in [-0.05, 0) is 24.5 Å². The number of benzene rings is 1. The van der Waals surface area contributed by atoms with Gasteiger partial charge in [0.1, 0.15) is 11.6 Å². The van der Waals surface area contributed by atoms with Crippen molar-refractivity contribution in [1.29, 1.82) is 0 Å². The van der Waals surface area contributed by atoms with Crippen LogP contribution in [0.1, 0.15) is 24.4 Å². The molecule has 2 heterocycles. The lowest BCUT2D eigenvalue weighted by molar-refractivity contribution is -0.116. The minimum absolute atomic E-state index is 0.116. The molecule has 1 N–H and O–H groups in total. The van der Waals surface area contributed by atoms with Gasteiger partial charge in [-0.3, -0.25) is 19.5 Å². The van der Waals surface area contributed by atoms with E-state index in [-0.39, 0.29) is 18.0 Å². The smallest absolute Gasteiger partial charge is 0.261 e. The van der Waals surface area contributed by atoms with Gasteiger partial charge in [-0.25, -0.2) is 4.98 Å². The van der Waals surface area contributed by atoms with E-state index in [1.807, 2.05) is 19.1 Å². The number of aromatic nitrogens is 4. The number of rotatable bonds is 5. The topological polar surface area (TPSA) is 89.8 Å². The van der Waals surface area contributed by atoms with Crippen LogP contribution in [0.2, 0.25) is 0 Å². The number of amides is 1. The molecule has 25 heavy (non-hydrogen) atoms. The van der Waals surface area contributed by atoms with Crippen molar-refractivity contribution in [1.82, 2.24) is 19.7 Å². The summed E-state index contributed by atoms with van der Waals surface area (Å²) in [5.41, 5.74) is 1.35. The summed E-state index contributed by atoms with van der Waals surface area (Å²) < 4.78 is 1.30. The van der Waals surface area contributed by atoms with Crippen molar-refractivity contribution in [3.63, 3.8) is 0 Å². The second kappa shape index (κ2) is 7.10. The number of nitrogens with one attached hydrogen (secondary N) is 1. The molecule has 0 aliphatic rings. The summed E-state index contributed by atoms with van der Waals surface area (Å²) in [6.07, 6.45) is 2.22. The average Bonchev–Trinajstić information content (AvgIpc) is 2.96. The number of fused-ring (bicyclic) bond motifs is 1. The lowest BCUT2D eigenvalue weighted by Gasteiger charge is -2.07. The Morgan fingerprint density at radius 1 is 1.32 bits per heavy atom. The van der Waals surface area contributed by atoms with E-state index in [0.29, 0.717) is 22.0 Å². The van der Waals surface area contributed by atoms with E-state index in [9.17, 15) is 9.59 Å². The molecular weight excluding hydrogens is 338 g/mol. The molecule has 7 nitrogen and oxygen atoms in total. The summed E-state index contributed by atoms with van der Waals surface area (Å²) in [7, 11) is 0. The number of aryl methyl sites for hydroxylation is 1. The second-order valence-electron chi connectivity index (χ2n) is 6.30. The quantitative estimate of drug-likeness (QED) is 0.757. The van der Waals surface area contributed by atoms with Crippen LogP contribution in [0.5, 0.6) is 0 Å². The highest BCUT2D eigenvalue weighted by molar-refractivity contribution is 7.15. The zero-order chi connectivity index (χ0) is 18.0. The van der Waals surface area contributed by atoms with Crippen LogP contribution in [0.4, 0.5) is 5.13 Å². The third-order valence-electron chi connectivity index (χ3n) is 3.67. The van der Waals surface area contributed by atoms with E-state index in [2.05, 4.69) is 34.3 Å². The first-order valence-electron chi connectivity index (χ1n) is 8.01. The van der Waals surface area contributed by atoms with Gasteiger partial charge in [0.25, 0.3) is 5.56 Å². The number of para-hydroxylation sites is 1.